The summed E-state index contributed by atoms with van der Waals surface area (Å²) < 4.78 is 29.7. The molecule has 0 spiro atoms. The topological polar surface area (TPSA) is 82.2 Å². The Morgan fingerprint density at radius 3 is 2.66 bits per heavy atom. The van der Waals surface area contributed by atoms with Crippen LogP contribution in [-0.4, -0.2) is 52.5 Å². The highest BCUT2D eigenvalue weighted by Crippen LogP contribution is 2.31. The molecule has 7 nitrogen and oxygen atoms in total. The van der Waals surface area contributed by atoms with Gasteiger partial charge in [0.2, 0.25) is 5.95 Å². The van der Waals surface area contributed by atoms with E-state index >= 15 is 0 Å². The molecule has 2 aromatic heterocycles. The number of halogens is 2. The summed E-state index contributed by atoms with van der Waals surface area (Å²) in [4.78, 5) is 35.0. The van der Waals surface area contributed by atoms with Crippen molar-refractivity contribution >= 4 is 33.4 Å². The lowest BCUT2D eigenvalue weighted by atomic mass is 10.1. The Kier molecular flexibility index (Phi) is 6.28. The highest BCUT2D eigenvalue weighted by Gasteiger charge is 2.38. The van der Waals surface area contributed by atoms with Gasteiger partial charge in [-0.2, -0.15) is 5.26 Å². The second-order valence-corrected chi connectivity index (χ2v) is 10.2. The number of nitriles is 1. The Balaban J connectivity index is 1.58. The lowest BCUT2D eigenvalue weighted by Gasteiger charge is -2.32. The van der Waals surface area contributed by atoms with Crippen LogP contribution < -0.4 is 10.5 Å². The van der Waals surface area contributed by atoms with Crippen molar-refractivity contribution in [2.75, 3.05) is 31.1 Å². The molecule has 0 aliphatic carbocycles. The van der Waals surface area contributed by atoms with Gasteiger partial charge in [-0.15, -0.1) is 11.3 Å². The molecule has 2 saturated heterocycles. The number of rotatable bonds is 4. The molecule has 0 bridgehead atoms. The van der Waals surface area contributed by atoms with Crippen LogP contribution in [0, 0.1) is 11.3 Å². The summed E-state index contributed by atoms with van der Waals surface area (Å²) in [7, 11) is 0. The Morgan fingerprint density at radius 2 is 1.91 bits per heavy atom. The van der Waals surface area contributed by atoms with Gasteiger partial charge in [-0.3, -0.25) is 14.2 Å². The smallest absolute Gasteiger partial charge is 0.273 e. The average Bonchev–Trinajstić information content (AvgIpc) is 3.30. The van der Waals surface area contributed by atoms with Crippen molar-refractivity contribution in [1.82, 2.24) is 14.5 Å². The van der Waals surface area contributed by atoms with Gasteiger partial charge in [0.1, 0.15) is 4.70 Å². The molecule has 10 heteroatoms. The Morgan fingerprint density at radius 1 is 1.14 bits per heavy atom. The number of piperidine rings is 2. The van der Waals surface area contributed by atoms with Crippen LogP contribution in [0.15, 0.2) is 35.1 Å². The van der Waals surface area contributed by atoms with E-state index < -0.39 is 18.4 Å². The molecule has 182 valence electrons. The molecule has 35 heavy (non-hydrogen) atoms. The van der Waals surface area contributed by atoms with Crippen LogP contribution in [0.2, 0.25) is 0 Å². The van der Waals surface area contributed by atoms with E-state index in [1.54, 1.807) is 22.8 Å². The number of anilines is 1. The summed E-state index contributed by atoms with van der Waals surface area (Å²) in [6.45, 7) is 1.36. The van der Waals surface area contributed by atoms with E-state index in [9.17, 15) is 23.6 Å². The van der Waals surface area contributed by atoms with E-state index in [1.807, 2.05) is 12.1 Å². The van der Waals surface area contributed by atoms with Crippen molar-refractivity contribution in [3.8, 4) is 6.07 Å². The van der Waals surface area contributed by atoms with Gasteiger partial charge in [-0.05, 0) is 43.4 Å². The minimum absolute atomic E-state index is 0.177. The third-order valence-electron chi connectivity index (χ3n) is 6.61. The predicted octanol–water partition coefficient (Wildman–Crippen LogP) is 4.24. The molecule has 0 radical (unpaired) electrons. The number of aromatic nitrogens is 2. The molecule has 2 aliphatic heterocycles. The molecule has 2 fully saturated rings. The average molecular weight is 498 g/mol. The maximum absolute atomic E-state index is 13.9. The Bertz CT molecular complexity index is 1370. The largest absolute Gasteiger partial charge is 0.342 e. The molecule has 1 aromatic carbocycles. The molecule has 0 atom stereocenters. The van der Waals surface area contributed by atoms with Crippen molar-refractivity contribution in [3.63, 3.8) is 0 Å². The summed E-state index contributed by atoms with van der Waals surface area (Å²) in [5.74, 6) is -2.88. The zero-order valence-electron chi connectivity index (χ0n) is 19.2. The van der Waals surface area contributed by atoms with E-state index in [0.717, 1.165) is 43.7 Å². The molecule has 0 saturated carbocycles. The molecular weight excluding hydrogens is 472 g/mol. The first kappa shape index (κ1) is 23.4. The quantitative estimate of drug-likeness (QED) is 0.539. The highest BCUT2D eigenvalue weighted by atomic mass is 32.1. The number of hydrogen-bond donors (Lipinski definition) is 0. The standard InChI is InChI=1S/C25H25F2N5O2S/c26-25(27)9-6-12-31(16-25)22(33)20-13-19-21(35-20)23(34)32(15-18-8-3-2-7-17(18)14-28)24(29-19)30-10-4-1-5-11-30/h2-3,7-8,13H,1,4-6,9-12,15-16H2. The number of hydrogen-bond acceptors (Lipinski definition) is 6. The van der Waals surface area contributed by atoms with Crippen molar-refractivity contribution < 1.29 is 13.6 Å². The number of fused-ring (bicyclic) bond motifs is 1. The number of carbonyl (C=O) groups is 1. The summed E-state index contributed by atoms with van der Waals surface area (Å²) in [6, 6.07) is 10.9. The number of amides is 1. The van der Waals surface area contributed by atoms with Crippen molar-refractivity contribution in [2.24, 2.45) is 0 Å². The first-order valence-corrected chi connectivity index (χ1v) is 12.6. The molecule has 3 aromatic rings. The molecular formula is C25H25F2N5O2S. The van der Waals surface area contributed by atoms with Crippen LogP contribution in [0.3, 0.4) is 0 Å². The van der Waals surface area contributed by atoms with Crippen molar-refractivity contribution in [3.05, 3.63) is 56.7 Å². The van der Waals surface area contributed by atoms with E-state index in [0.29, 0.717) is 27.3 Å². The summed E-state index contributed by atoms with van der Waals surface area (Å²) >= 11 is 1.00. The second-order valence-electron chi connectivity index (χ2n) is 9.13. The molecule has 5 rings (SSSR count). The number of benzene rings is 1. The van der Waals surface area contributed by atoms with Crippen LogP contribution in [0.4, 0.5) is 14.7 Å². The maximum Gasteiger partial charge on any atom is 0.273 e. The SMILES string of the molecule is N#Cc1ccccc1Cn1c(N2CCCCC2)nc2cc(C(=O)N3CCCC(F)(F)C3)sc2c1=O. The highest BCUT2D eigenvalue weighted by molar-refractivity contribution is 7.20. The van der Waals surface area contributed by atoms with Gasteiger partial charge in [-0.25, -0.2) is 13.8 Å². The number of likely N-dealkylation sites (tertiary alicyclic amines) is 1. The fourth-order valence-corrected chi connectivity index (χ4v) is 5.83. The molecule has 1 amide bonds. The van der Waals surface area contributed by atoms with E-state index in [4.69, 9.17) is 4.98 Å². The van der Waals surface area contributed by atoms with E-state index in [2.05, 4.69) is 11.0 Å². The third kappa shape index (κ3) is 4.65. The van der Waals surface area contributed by atoms with E-state index in [1.165, 1.54) is 4.90 Å². The number of alkyl halides is 2. The number of carbonyl (C=O) groups excluding carboxylic acids is 1. The van der Waals surface area contributed by atoms with Gasteiger partial charge in [-0.1, -0.05) is 18.2 Å². The molecule has 0 unspecified atom stereocenters. The summed E-state index contributed by atoms with van der Waals surface area (Å²) in [5.41, 5.74) is 1.30. The fraction of sp³-hybridized carbons (Fsp3) is 0.440. The van der Waals surface area contributed by atoms with Gasteiger partial charge in [0, 0.05) is 26.1 Å². The Hall–Kier alpha value is -3.32. The normalized spacial score (nSPS) is 18.0. The predicted molar refractivity (Wildman–Crippen MR) is 130 cm³/mol. The van der Waals surface area contributed by atoms with Gasteiger partial charge in [0.05, 0.1) is 35.1 Å². The lowest BCUT2D eigenvalue weighted by molar-refractivity contribution is -0.0559. The minimum atomic E-state index is -2.90. The van der Waals surface area contributed by atoms with Gasteiger partial charge >= 0.3 is 0 Å². The lowest BCUT2D eigenvalue weighted by Crippen LogP contribution is -2.45. The summed E-state index contributed by atoms with van der Waals surface area (Å²) in [5, 5.41) is 9.52. The van der Waals surface area contributed by atoms with Crippen LogP contribution in [0.25, 0.3) is 10.2 Å². The second kappa shape index (κ2) is 9.38. The van der Waals surface area contributed by atoms with Gasteiger partial charge in [0.25, 0.3) is 17.4 Å². The molecule has 0 N–H and O–H groups in total. The zero-order chi connectivity index (χ0) is 24.6. The first-order valence-electron chi connectivity index (χ1n) is 11.8. The zero-order valence-corrected chi connectivity index (χ0v) is 20.0. The van der Waals surface area contributed by atoms with Crippen molar-refractivity contribution in [2.45, 2.75) is 44.6 Å². The van der Waals surface area contributed by atoms with E-state index in [-0.39, 0.29) is 36.4 Å². The van der Waals surface area contributed by atoms with Crippen LogP contribution in [0.1, 0.15) is 52.9 Å². The van der Waals surface area contributed by atoms with Crippen LogP contribution in [-0.2, 0) is 6.54 Å². The van der Waals surface area contributed by atoms with Crippen LogP contribution >= 0.6 is 11.3 Å². The first-order chi connectivity index (χ1) is 16.9. The number of nitrogens with zero attached hydrogens (tertiary/aromatic N) is 5. The van der Waals surface area contributed by atoms with Crippen molar-refractivity contribution in [1.29, 1.82) is 5.26 Å². The van der Waals surface area contributed by atoms with Crippen LogP contribution in [0.5, 0.6) is 0 Å². The molecule has 2 aliphatic rings. The minimum Gasteiger partial charge on any atom is -0.342 e. The van der Waals surface area contributed by atoms with Gasteiger partial charge < -0.3 is 9.80 Å². The van der Waals surface area contributed by atoms with Gasteiger partial charge in [0.15, 0.2) is 0 Å². The number of thiophene rings is 1. The Labute approximate surface area is 205 Å². The fourth-order valence-electron chi connectivity index (χ4n) is 4.82. The third-order valence-corrected chi connectivity index (χ3v) is 7.71. The monoisotopic (exact) mass is 497 g/mol. The maximum atomic E-state index is 13.9. The molecule has 4 heterocycles. The summed E-state index contributed by atoms with van der Waals surface area (Å²) in [6.07, 6.45) is 3.10.